The van der Waals surface area contributed by atoms with Crippen LogP contribution in [0.25, 0.3) is 20.7 Å². The Balaban J connectivity index is 1.15. The van der Waals surface area contributed by atoms with Crippen LogP contribution >= 0.6 is 22.9 Å². The molecule has 2 aromatic heterocycles. The summed E-state index contributed by atoms with van der Waals surface area (Å²) in [6, 6.07) is 22.5. The van der Waals surface area contributed by atoms with Gasteiger partial charge in [-0.15, -0.1) is 11.3 Å². The number of aryl methyl sites for hydroxylation is 3. The lowest BCUT2D eigenvalue weighted by molar-refractivity contribution is -0.131. The number of ether oxygens (including phenoxy) is 1. The highest BCUT2D eigenvalue weighted by molar-refractivity contribution is 7.22. The molecule has 9 rings (SSSR count). The van der Waals surface area contributed by atoms with E-state index in [4.69, 9.17) is 21.4 Å². The Morgan fingerprint density at radius 1 is 0.964 bits per heavy atom. The molecule has 5 aromatic rings. The average Bonchev–Trinajstić information content (AvgIpc) is 3.87. The van der Waals surface area contributed by atoms with Crippen LogP contribution in [0.2, 0.25) is 5.02 Å². The van der Waals surface area contributed by atoms with Crippen molar-refractivity contribution in [3.05, 3.63) is 106 Å². The van der Waals surface area contributed by atoms with E-state index in [0.717, 1.165) is 38.1 Å². The van der Waals surface area contributed by atoms with Crippen LogP contribution in [-0.2, 0) is 32.6 Å². The topological polar surface area (TPSA) is 122 Å². The highest BCUT2D eigenvalue weighted by atomic mass is 35.5. The van der Waals surface area contributed by atoms with Crippen molar-refractivity contribution in [2.75, 3.05) is 23.0 Å². The number of para-hydroxylation sites is 1. The van der Waals surface area contributed by atoms with Crippen LogP contribution < -0.4 is 14.5 Å². The van der Waals surface area contributed by atoms with Gasteiger partial charge in [0.2, 0.25) is 23.6 Å². The molecule has 6 atom stereocenters. The second-order valence-electron chi connectivity index (χ2n) is 15.5. The average molecular weight is 789 g/mol. The van der Waals surface area contributed by atoms with Crippen LogP contribution in [0, 0.1) is 36.0 Å². The number of thiophene rings is 1. The molecule has 4 amide bonds. The van der Waals surface area contributed by atoms with Crippen LogP contribution in [0.1, 0.15) is 49.3 Å². The van der Waals surface area contributed by atoms with E-state index in [2.05, 4.69) is 6.92 Å². The number of nitrogens with zero attached hydrogens (tertiary/aromatic N) is 4. The Hall–Kier alpha value is -5.10. The van der Waals surface area contributed by atoms with Crippen molar-refractivity contribution in [1.29, 1.82) is 0 Å². The van der Waals surface area contributed by atoms with Crippen molar-refractivity contribution in [3.63, 3.8) is 0 Å². The number of imide groups is 2. The summed E-state index contributed by atoms with van der Waals surface area (Å²) in [5.41, 5.74) is 3.56. The van der Waals surface area contributed by atoms with Crippen molar-refractivity contribution >= 4 is 68.2 Å². The van der Waals surface area contributed by atoms with Crippen molar-refractivity contribution in [1.82, 2.24) is 9.78 Å². The SMILES string of the molecule is CCc1ccc(N2C(=O)[C@H]3[C@H](CC=C4[C@H]3C[C@H]3C(=O)N(c5cc(-c6sc7ccc(Cl)cc7c6C)nn5C)C(=O)[C@@]3(C)[C@H]4c3ccccc3OCCO)C2=O)cc1. The number of anilines is 2. The van der Waals surface area contributed by atoms with Crippen molar-refractivity contribution < 1.29 is 29.0 Å². The standard InChI is InChI=1S/C44H41ClN4O6S/c1-5-24-10-13-26(14-11-24)48-40(51)29-16-15-27-31(37(29)42(48)53)21-32-41(52)49(43(54)44(32,3)38(27)28-8-6-7-9-34(28)55-19-18-50)36-22-33(46-47(36)4)39-23(2)30-20-25(45)12-17-35(30)56-39/h6-15,17,20,22,29,31-32,37-38,50H,5,16,18-19,21H2,1-4H3/t29-,31+,32-,37-,38+,44+/m0/s1. The first-order valence-electron chi connectivity index (χ1n) is 19.1. The molecule has 2 saturated heterocycles. The number of benzene rings is 3. The predicted molar refractivity (Wildman–Crippen MR) is 216 cm³/mol. The lowest BCUT2D eigenvalue weighted by Gasteiger charge is -2.49. The minimum atomic E-state index is -1.28. The Morgan fingerprint density at radius 2 is 1.73 bits per heavy atom. The largest absolute Gasteiger partial charge is 0.491 e. The number of hydrogen-bond donors (Lipinski definition) is 1. The van der Waals surface area contributed by atoms with E-state index in [9.17, 15) is 19.5 Å². The first-order valence-corrected chi connectivity index (χ1v) is 20.3. The van der Waals surface area contributed by atoms with E-state index in [1.54, 1.807) is 35.2 Å². The molecule has 0 bridgehead atoms. The molecule has 12 heteroatoms. The number of amides is 4. The maximum absolute atomic E-state index is 15.2. The Labute approximate surface area is 333 Å². The Morgan fingerprint density at radius 3 is 2.48 bits per heavy atom. The monoisotopic (exact) mass is 788 g/mol. The summed E-state index contributed by atoms with van der Waals surface area (Å²) in [6.45, 7) is 5.75. The molecule has 3 fully saturated rings. The number of hydrogen-bond acceptors (Lipinski definition) is 8. The molecule has 3 aromatic carbocycles. The minimum Gasteiger partial charge on any atom is -0.491 e. The zero-order valence-corrected chi connectivity index (χ0v) is 33.1. The third-order valence-corrected chi connectivity index (χ3v) is 14.2. The highest BCUT2D eigenvalue weighted by Crippen LogP contribution is 2.64. The summed E-state index contributed by atoms with van der Waals surface area (Å²) in [6.07, 6.45) is 3.42. The molecule has 4 aliphatic rings. The smallest absolute Gasteiger partial charge is 0.242 e. The van der Waals surface area contributed by atoms with Gasteiger partial charge in [-0.1, -0.05) is 60.5 Å². The van der Waals surface area contributed by atoms with Crippen LogP contribution in [-0.4, -0.2) is 51.7 Å². The molecule has 56 heavy (non-hydrogen) atoms. The zero-order chi connectivity index (χ0) is 39.2. The van der Waals surface area contributed by atoms with Gasteiger partial charge < -0.3 is 9.84 Å². The number of carbonyl (C=O) groups excluding carboxylic acids is 4. The molecular weight excluding hydrogens is 748 g/mol. The van der Waals surface area contributed by atoms with E-state index in [0.29, 0.717) is 40.0 Å². The van der Waals surface area contributed by atoms with Crippen LogP contribution in [0.4, 0.5) is 11.5 Å². The lowest BCUT2D eigenvalue weighted by Crippen LogP contribution is -2.49. The molecule has 1 saturated carbocycles. The van der Waals surface area contributed by atoms with Gasteiger partial charge in [-0.05, 0) is 91.9 Å². The number of aliphatic hydroxyl groups is 1. The predicted octanol–water partition coefficient (Wildman–Crippen LogP) is 7.63. The van der Waals surface area contributed by atoms with E-state index in [1.165, 1.54) is 9.80 Å². The van der Waals surface area contributed by atoms with Crippen LogP contribution in [0.3, 0.4) is 0 Å². The molecule has 0 radical (unpaired) electrons. The fourth-order valence-corrected chi connectivity index (χ4v) is 11.3. The summed E-state index contributed by atoms with van der Waals surface area (Å²) in [4.78, 5) is 62.4. The summed E-state index contributed by atoms with van der Waals surface area (Å²) < 4.78 is 8.72. The molecule has 4 heterocycles. The number of aliphatic hydroxyl groups excluding tert-OH is 1. The molecule has 0 unspecified atom stereocenters. The second-order valence-corrected chi connectivity index (χ2v) is 17.0. The number of rotatable bonds is 8. The first kappa shape index (κ1) is 36.5. The third kappa shape index (κ3) is 5.27. The second kappa shape index (κ2) is 13.5. The molecule has 10 nitrogen and oxygen atoms in total. The highest BCUT2D eigenvalue weighted by Gasteiger charge is 2.68. The molecular formula is C44H41ClN4O6S. The number of aromatic nitrogens is 2. The van der Waals surface area contributed by atoms with Crippen molar-refractivity contribution in [2.45, 2.75) is 46.0 Å². The lowest BCUT2D eigenvalue weighted by atomic mass is 9.51. The van der Waals surface area contributed by atoms with E-state index in [1.807, 2.05) is 80.6 Å². The van der Waals surface area contributed by atoms with E-state index in [-0.39, 0.29) is 43.3 Å². The van der Waals surface area contributed by atoms with Crippen LogP contribution in [0.5, 0.6) is 5.75 Å². The first-order chi connectivity index (χ1) is 27.0. The fraction of sp³-hybridized carbons (Fsp3) is 0.341. The molecule has 2 aliphatic heterocycles. The summed E-state index contributed by atoms with van der Waals surface area (Å²) >= 11 is 7.91. The third-order valence-electron chi connectivity index (χ3n) is 12.7. The Kier molecular flexibility index (Phi) is 8.83. The molecule has 1 N–H and O–H groups in total. The summed E-state index contributed by atoms with van der Waals surface area (Å²) in [5.74, 6) is -3.66. The summed E-state index contributed by atoms with van der Waals surface area (Å²) in [7, 11) is 1.73. The molecule has 286 valence electrons. The maximum Gasteiger partial charge on any atom is 0.242 e. The van der Waals surface area contributed by atoms with E-state index >= 15 is 4.79 Å². The number of fused-ring (bicyclic) bond motifs is 5. The Bertz CT molecular complexity index is 2510. The number of allylic oxidation sites excluding steroid dienone is 2. The fourth-order valence-electron chi connectivity index (χ4n) is 9.93. The van der Waals surface area contributed by atoms with E-state index < -0.39 is 35.0 Å². The summed E-state index contributed by atoms with van der Waals surface area (Å²) in [5, 5.41) is 16.2. The van der Waals surface area contributed by atoms with Gasteiger partial charge in [0.1, 0.15) is 23.9 Å². The van der Waals surface area contributed by atoms with Crippen molar-refractivity contribution in [2.24, 2.45) is 36.1 Å². The van der Waals surface area contributed by atoms with Gasteiger partial charge in [0, 0.05) is 34.3 Å². The number of carbonyl (C=O) groups is 4. The maximum atomic E-state index is 15.2. The number of halogens is 1. The van der Waals surface area contributed by atoms with Gasteiger partial charge in [-0.3, -0.25) is 28.8 Å². The minimum absolute atomic E-state index is 0.0377. The van der Waals surface area contributed by atoms with Crippen LogP contribution in [0.15, 0.2) is 84.4 Å². The van der Waals surface area contributed by atoms with Gasteiger partial charge in [0.15, 0.2) is 0 Å². The van der Waals surface area contributed by atoms with Gasteiger partial charge >= 0.3 is 0 Å². The quantitative estimate of drug-likeness (QED) is 0.127. The zero-order valence-electron chi connectivity index (χ0n) is 31.5. The van der Waals surface area contributed by atoms with Gasteiger partial charge in [-0.25, -0.2) is 4.90 Å². The molecule has 0 spiro atoms. The van der Waals surface area contributed by atoms with Gasteiger partial charge in [0.05, 0.1) is 40.3 Å². The molecule has 2 aliphatic carbocycles. The van der Waals surface area contributed by atoms with Gasteiger partial charge in [-0.2, -0.15) is 5.10 Å². The normalized spacial score (nSPS) is 25.8. The van der Waals surface area contributed by atoms with Crippen molar-refractivity contribution in [3.8, 4) is 16.3 Å². The van der Waals surface area contributed by atoms with Gasteiger partial charge in [0.25, 0.3) is 0 Å².